The maximum Gasteiger partial charge on any atom is 0.343 e. The van der Waals surface area contributed by atoms with E-state index in [0.717, 1.165) is 6.08 Å². The number of amides is 1. The smallest absolute Gasteiger partial charge is 0.343 e. The standard InChI is InChI=1S/C22H23NO6/c1-4-20(24)28-14-13-27-18-9-7-17(8-10-18)22(26)29-19-11-5-16(6-12-19)21(25)23-15(2)3/h4-12,15H,1,13-14H2,2-3H3,(H,23,25). The Morgan fingerprint density at radius 1 is 0.931 bits per heavy atom. The molecule has 0 aromatic heterocycles. The molecule has 2 rings (SSSR count). The van der Waals surface area contributed by atoms with Crippen LogP contribution >= 0.6 is 0 Å². The van der Waals surface area contributed by atoms with Crippen LogP contribution < -0.4 is 14.8 Å². The summed E-state index contributed by atoms with van der Waals surface area (Å²) in [6.45, 7) is 7.33. The molecule has 0 saturated carbocycles. The predicted molar refractivity (Wildman–Crippen MR) is 107 cm³/mol. The van der Waals surface area contributed by atoms with Crippen LogP contribution in [0.25, 0.3) is 0 Å². The number of rotatable bonds is 9. The summed E-state index contributed by atoms with van der Waals surface area (Å²) in [6, 6.07) is 12.7. The van der Waals surface area contributed by atoms with Gasteiger partial charge in [0.1, 0.15) is 24.7 Å². The Labute approximate surface area is 169 Å². The molecule has 0 heterocycles. The second-order valence-corrected chi connectivity index (χ2v) is 6.29. The lowest BCUT2D eigenvalue weighted by Gasteiger charge is -2.09. The van der Waals surface area contributed by atoms with Gasteiger partial charge in [0.15, 0.2) is 0 Å². The van der Waals surface area contributed by atoms with Crippen molar-refractivity contribution in [1.82, 2.24) is 5.32 Å². The number of benzene rings is 2. The maximum absolute atomic E-state index is 12.2. The summed E-state index contributed by atoms with van der Waals surface area (Å²) in [7, 11) is 0. The van der Waals surface area contributed by atoms with Crippen LogP contribution in [-0.4, -0.2) is 37.1 Å². The molecule has 0 atom stereocenters. The van der Waals surface area contributed by atoms with Crippen LogP contribution in [0.3, 0.4) is 0 Å². The minimum atomic E-state index is -0.532. The van der Waals surface area contributed by atoms with Crippen molar-refractivity contribution in [3.63, 3.8) is 0 Å². The molecule has 1 amide bonds. The SMILES string of the molecule is C=CC(=O)OCCOc1ccc(C(=O)Oc2ccc(C(=O)NC(C)C)cc2)cc1. The van der Waals surface area contributed by atoms with Crippen LogP contribution in [0.2, 0.25) is 0 Å². The van der Waals surface area contributed by atoms with E-state index in [9.17, 15) is 14.4 Å². The molecule has 1 N–H and O–H groups in total. The molecule has 0 fully saturated rings. The molecule has 0 radical (unpaired) electrons. The first-order valence-corrected chi connectivity index (χ1v) is 9.04. The van der Waals surface area contributed by atoms with Gasteiger partial charge < -0.3 is 19.5 Å². The van der Waals surface area contributed by atoms with E-state index in [0.29, 0.717) is 22.6 Å². The summed E-state index contributed by atoms with van der Waals surface area (Å²) in [5.41, 5.74) is 0.829. The Hall–Kier alpha value is -3.61. The van der Waals surface area contributed by atoms with E-state index in [1.807, 2.05) is 13.8 Å². The van der Waals surface area contributed by atoms with Crippen molar-refractivity contribution in [3.05, 3.63) is 72.3 Å². The van der Waals surface area contributed by atoms with Crippen LogP contribution in [0, 0.1) is 0 Å². The van der Waals surface area contributed by atoms with Gasteiger partial charge in [-0.3, -0.25) is 4.79 Å². The molecule has 0 spiro atoms. The monoisotopic (exact) mass is 397 g/mol. The highest BCUT2D eigenvalue weighted by Crippen LogP contribution is 2.17. The molecule has 7 nitrogen and oxygen atoms in total. The number of hydrogen-bond donors (Lipinski definition) is 1. The highest BCUT2D eigenvalue weighted by atomic mass is 16.6. The Bertz CT molecular complexity index is 856. The van der Waals surface area contributed by atoms with Gasteiger partial charge in [-0.25, -0.2) is 9.59 Å². The van der Waals surface area contributed by atoms with Gasteiger partial charge in [-0.15, -0.1) is 0 Å². The third kappa shape index (κ3) is 7.14. The minimum absolute atomic E-state index is 0.0362. The lowest BCUT2D eigenvalue weighted by atomic mass is 10.2. The van der Waals surface area contributed by atoms with Gasteiger partial charge in [0, 0.05) is 17.7 Å². The zero-order chi connectivity index (χ0) is 21.2. The molecule has 29 heavy (non-hydrogen) atoms. The van der Waals surface area contributed by atoms with Crippen LogP contribution in [0.5, 0.6) is 11.5 Å². The van der Waals surface area contributed by atoms with Crippen molar-refractivity contribution in [3.8, 4) is 11.5 Å². The topological polar surface area (TPSA) is 90.9 Å². The first-order valence-electron chi connectivity index (χ1n) is 9.04. The molecule has 0 aliphatic rings. The Morgan fingerprint density at radius 3 is 2.10 bits per heavy atom. The summed E-state index contributed by atoms with van der Waals surface area (Å²) in [6.07, 6.45) is 1.08. The van der Waals surface area contributed by atoms with Gasteiger partial charge in [-0.2, -0.15) is 0 Å². The third-order valence-corrected chi connectivity index (χ3v) is 3.60. The van der Waals surface area contributed by atoms with Gasteiger partial charge in [0.2, 0.25) is 0 Å². The fraction of sp³-hybridized carbons (Fsp3) is 0.227. The second kappa shape index (κ2) is 10.7. The number of esters is 2. The summed E-state index contributed by atoms with van der Waals surface area (Å²) in [5, 5.41) is 2.79. The summed E-state index contributed by atoms with van der Waals surface area (Å²) in [4.78, 5) is 35.1. The first kappa shape index (κ1) is 21.7. The van der Waals surface area contributed by atoms with Gasteiger partial charge >= 0.3 is 11.9 Å². The fourth-order valence-corrected chi connectivity index (χ4v) is 2.23. The molecular formula is C22H23NO6. The van der Waals surface area contributed by atoms with Crippen molar-refractivity contribution in [2.45, 2.75) is 19.9 Å². The van der Waals surface area contributed by atoms with Gasteiger partial charge in [-0.1, -0.05) is 6.58 Å². The lowest BCUT2D eigenvalue weighted by Crippen LogP contribution is -2.29. The number of carbonyl (C=O) groups is 3. The zero-order valence-electron chi connectivity index (χ0n) is 16.3. The van der Waals surface area contributed by atoms with Crippen LogP contribution in [0.4, 0.5) is 0 Å². The van der Waals surface area contributed by atoms with Crippen molar-refractivity contribution >= 4 is 17.8 Å². The molecule has 7 heteroatoms. The van der Waals surface area contributed by atoms with Gasteiger partial charge in [0.25, 0.3) is 5.91 Å². The van der Waals surface area contributed by atoms with E-state index in [2.05, 4.69) is 11.9 Å². The molecule has 0 aliphatic carbocycles. The quantitative estimate of drug-likeness (QED) is 0.303. The Morgan fingerprint density at radius 2 is 1.52 bits per heavy atom. The number of ether oxygens (including phenoxy) is 3. The second-order valence-electron chi connectivity index (χ2n) is 6.29. The molecule has 152 valence electrons. The van der Waals surface area contributed by atoms with Crippen LogP contribution in [-0.2, 0) is 9.53 Å². The van der Waals surface area contributed by atoms with E-state index in [1.54, 1.807) is 48.5 Å². The summed E-state index contributed by atoms with van der Waals surface area (Å²) in [5.74, 6) is -0.374. The van der Waals surface area contributed by atoms with Gasteiger partial charge in [0.05, 0.1) is 5.56 Å². The summed E-state index contributed by atoms with van der Waals surface area (Å²) >= 11 is 0. The minimum Gasteiger partial charge on any atom is -0.490 e. The normalized spacial score (nSPS) is 10.2. The average molecular weight is 397 g/mol. The number of nitrogens with one attached hydrogen (secondary N) is 1. The Kier molecular flexibility index (Phi) is 7.97. The van der Waals surface area contributed by atoms with Crippen molar-refractivity contribution in [2.24, 2.45) is 0 Å². The highest BCUT2D eigenvalue weighted by molar-refractivity contribution is 5.95. The van der Waals surface area contributed by atoms with Crippen molar-refractivity contribution in [1.29, 1.82) is 0 Å². The molecule has 2 aromatic carbocycles. The predicted octanol–water partition coefficient (Wildman–Crippen LogP) is 3.15. The molecule has 0 unspecified atom stereocenters. The molecule has 0 aliphatic heterocycles. The van der Waals surface area contributed by atoms with E-state index < -0.39 is 11.9 Å². The van der Waals surface area contributed by atoms with Crippen LogP contribution in [0.15, 0.2) is 61.2 Å². The molecule has 0 bridgehead atoms. The Balaban J connectivity index is 1.86. The van der Waals surface area contributed by atoms with Crippen molar-refractivity contribution in [2.75, 3.05) is 13.2 Å². The van der Waals surface area contributed by atoms with E-state index >= 15 is 0 Å². The van der Waals surface area contributed by atoms with E-state index in [4.69, 9.17) is 14.2 Å². The fourth-order valence-electron chi connectivity index (χ4n) is 2.23. The molecular weight excluding hydrogens is 374 g/mol. The maximum atomic E-state index is 12.2. The largest absolute Gasteiger partial charge is 0.490 e. The highest BCUT2D eigenvalue weighted by Gasteiger charge is 2.11. The third-order valence-electron chi connectivity index (χ3n) is 3.60. The number of carbonyl (C=O) groups excluding carboxylic acids is 3. The molecule has 2 aromatic rings. The summed E-state index contributed by atoms with van der Waals surface area (Å²) < 4.78 is 15.5. The number of hydrogen-bond acceptors (Lipinski definition) is 6. The van der Waals surface area contributed by atoms with E-state index in [1.165, 1.54) is 0 Å². The van der Waals surface area contributed by atoms with E-state index in [-0.39, 0.29) is 25.2 Å². The average Bonchev–Trinajstić information content (AvgIpc) is 2.71. The van der Waals surface area contributed by atoms with Crippen molar-refractivity contribution < 1.29 is 28.6 Å². The zero-order valence-corrected chi connectivity index (χ0v) is 16.3. The molecule has 0 saturated heterocycles. The van der Waals surface area contributed by atoms with Crippen LogP contribution in [0.1, 0.15) is 34.6 Å². The first-order chi connectivity index (χ1) is 13.9. The van der Waals surface area contributed by atoms with Gasteiger partial charge in [-0.05, 0) is 62.4 Å². The lowest BCUT2D eigenvalue weighted by molar-refractivity contribution is -0.138.